The Hall–Kier alpha value is -0.860. The predicted molar refractivity (Wildman–Crippen MR) is 61.5 cm³/mol. The van der Waals surface area contributed by atoms with Crippen molar-refractivity contribution in [2.45, 2.75) is 12.8 Å². The van der Waals surface area contributed by atoms with Gasteiger partial charge in [-0.1, -0.05) is 12.1 Å². The van der Waals surface area contributed by atoms with E-state index in [2.05, 4.69) is 0 Å². The molecule has 0 aliphatic heterocycles. The summed E-state index contributed by atoms with van der Waals surface area (Å²) in [4.78, 5) is 11.4. The third kappa shape index (κ3) is 1.45. The Morgan fingerprint density at radius 1 is 1.50 bits per heavy atom. The predicted octanol–water partition coefficient (Wildman–Crippen LogP) is 3.76. The van der Waals surface area contributed by atoms with Gasteiger partial charge in [0.1, 0.15) is 0 Å². The lowest BCUT2D eigenvalue weighted by Gasteiger charge is -2.00. The van der Waals surface area contributed by atoms with Crippen molar-refractivity contribution in [2.75, 3.05) is 0 Å². The maximum atomic E-state index is 10.7. The van der Waals surface area contributed by atoms with Gasteiger partial charge in [0, 0.05) is 10.6 Å². The smallest absolute Gasteiger partial charge is 0.160 e. The zero-order valence-electron chi connectivity index (χ0n) is 7.71. The molecule has 0 unspecified atom stereocenters. The fraction of sp³-hybridized carbons (Fsp3) is 0.182. The van der Waals surface area contributed by atoms with Crippen LogP contribution in [-0.2, 0) is 5.88 Å². The van der Waals surface area contributed by atoms with Crippen LogP contribution in [0.2, 0.25) is 0 Å². The Labute approximate surface area is 91.3 Å². The van der Waals surface area contributed by atoms with Gasteiger partial charge in [-0.2, -0.15) is 0 Å². The van der Waals surface area contributed by atoms with E-state index < -0.39 is 0 Å². The maximum absolute atomic E-state index is 10.7. The van der Waals surface area contributed by atoms with Crippen molar-refractivity contribution in [2.24, 2.45) is 0 Å². The molecule has 1 heterocycles. The lowest BCUT2D eigenvalue weighted by molar-refractivity contribution is 0.112. The fourth-order valence-corrected chi connectivity index (χ4v) is 2.73. The van der Waals surface area contributed by atoms with E-state index in [9.17, 15) is 4.79 Å². The molecule has 0 radical (unpaired) electrons. The van der Waals surface area contributed by atoms with Gasteiger partial charge in [-0.15, -0.1) is 22.9 Å². The quantitative estimate of drug-likeness (QED) is 0.561. The van der Waals surface area contributed by atoms with Crippen molar-refractivity contribution >= 4 is 39.3 Å². The first kappa shape index (κ1) is 9.69. The number of thiophene rings is 1. The number of rotatable bonds is 2. The number of alkyl halides is 1. The number of carbonyl (C=O) groups excluding carboxylic acids is 1. The summed E-state index contributed by atoms with van der Waals surface area (Å²) in [5.74, 6) is 0.492. The van der Waals surface area contributed by atoms with Crippen molar-refractivity contribution in [3.63, 3.8) is 0 Å². The molecule has 1 aromatic carbocycles. The van der Waals surface area contributed by atoms with Gasteiger partial charge in [0.15, 0.2) is 6.29 Å². The molecule has 0 fully saturated rings. The van der Waals surface area contributed by atoms with E-state index in [0.717, 1.165) is 22.1 Å². The molecule has 72 valence electrons. The van der Waals surface area contributed by atoms with Crippen LogP contribution in [0.1, 0.15) is 20.8 Å². The van der Waals surface area contributed by atoms with E-state index in [-0.39, 0.29) is 0 Å². The molecule has 0 amide bonds. The van der Waals surface area contributed by atoms with Crippen LogP contribution in [0.4, 0.5) is 0 Å². The summed E-state index contributed by atoms with van der Waals surface area (Å²) in [7, 11) is 0. The molecule has 0 bridgehead atoms. The van der Waals surface area contributed by atoms with Crippen molar-refractivity contribution in [3.05, 3.63) is 34.2 Å². The molecule has 0 spiro atoms. The van der Waals surface area contributed by atoms with E-state index in [1.807, 2.05) is 25.1 Å². The highest BCUT2D eigenvalue weighted by atomic mass is 35.5. The normalized spacial score (nSPS) is 10.7. The SMILES string of the molecule is Cc1ccc(CCl)c2cc(C=O)sc12. The van der Waals surface area contributed by atoms with Gasteiger partial charge >= 0.3 is 0 Å². The molecule has 1 nitrogen and oxygen atoms in total. The molecular weight excluding hydrogens is 216 g/mol. The minimum atomic E-state index is 0.492. The molecule has 0 saturated carbocycles. The van der Waals surface area contributed by atoms with Crippen LogP contribution < -0.4 is 0 Å². The number of carbonyl (C=O) groups is 1. The van der Waals surface area contributed by atoms with Crippen LogP contribution in [0.5, 0.6) is 0 Å². The van der Waals surface area contributed by atoms with Crippen LogP contribution in [0, 0.1) is 6.92 Å². The van der Waals surface area contributed by atoms with E-state index in [0.29, 0.717) is 5.88 Å². The maximum Gasteiger partial charge on any atom is 0.160 e. The number of aldehydes is 1. The zero-order valence-corrected chi connectivity index (χ0v) is 9.28. The van der Waals surface area contributed by atoms with Crippen LogP contribution in [-0.4, -0.2) is 6.29 Å². The molecular formula is C11H9ClOS. The Kier molecular flexibility index (Phi) is 2.57. The Bertz CT molecular complexity index is 487. The van der Waals surface area contributed by atoms with E-state index >= 15 is 0 Å². The monoisotopic (exact) mass is 224 g/mol. The number of aryl methyl sites for hydroxylation is 1. The van der Waals surface area contributed by atoms with Gasteiger partial charge in [0.2, 0.25) is 0 Å². The topological polar surface area (TPSA) is 17.1 Å². The van der Waals surface area contributed by atoms with Gasteiger partial charge in [0.05, 0.1) is 4.88 Å². The second kappa shape index (κ2) is 3.71. The molecule has 1 aromatic heterocycles. The first-order valence-corrected chi connectivity index (χ1v) is 5.64. The standard InChI is InChI=1S/C11H9ClOS/c1-7-2-3-8(5-12)10-4-9(6-13)14-11(7)10/h2-4,6H,5H2,1H3. The number of hydrogen-bond acceptors (Lipinski definition) is 2. The summed E-state index contributed by atoms with van der Waals surface area (Å²) in [6.45, 7) is 2.05. The lowest BCUT2D eigenvalue weighted by atomic mass is 10.1. The number of hydrogen-bond donors (Lipinski definition) is 0. The summed E-state index contributed by atoms with van der Waals surface area (Å²) in [6, 6.07) is 5.98. The van der Waals surface area contributed by atoms with Gasteiger partial charge in [-0.05, 0) is 29.5 Å². The Balaban J connectivity index is 2.81. The largest absolute Gasteiger partial charge is 0.297 e. The van der Waals surface area contributed by atoms with Crippen LogP contribution in [0.3, 0.4) is 0 Å². The van der Waals surface area contributed by atoms with E-state index in [1.165, 1.54) is 21.6 Å². The summed E-state index contributed by atoms with van der Waals surface area (Å²) in [5, 5.41) is 1.12. The second-order valence-corrected chi connectivity index (χ2v) is 4.54. The first-order valence-electron chi connectivity index (χ1n) is 4.29. The third-order valence-electron chi connectivity index (χ3n) is 2.25. The van der Waals surface area contributed by atoms with Crippen molar-refractivity contribution in [3.8, 4) is 0 Å². The molecule has 0 aliphatic carbocycles. The third-order valence-corrected chi connectivity index (χ3v) is 3.73. The van der Waals surface area contributed by atoms with Gasteiger partial charge < -0.3 is 0 Å². The molecule has 0 atom stereocenters. The fourth-order valence-electron chi connectivity index (χ4n) is 1.51. The van der Waals surface area contributed by atoms with Crippen LogP contribution in [0.25, 0.3) is 10.1 Å². The minimum Gasteiger partial charge on any atom is -0.297 e. The van der Waals surface area contributed by atoms with E-state index in [1.54, 1.807) is 0 Å². The summed E-state index contributed by atoms with van der Waals surface area (Å²) in [6.07, 6.45) is 0.891. The summed E-state index contributed by atoms with van der Waals surface area (Å²) in [5.41, 5.74) is 2.29. The molecule has 0 saturated heterocycles. The van der Waals surface area contributed by atoms with Crippen molar-refractivity contribution in [1.29, 1.82) is 0 Å². The van der Waals surface area contributed by atoms with E-state index in [4.69, 9.17) is 11.6 Å². The zero-order chi connectivity index (χ0) is 10.1. The highest BCUT2D eigenvalue weighted by Gasteiger charge is 2.07. The molecule has 2 rings (SSSR count). The van der Waals surface area contributed by atoms with Gasteiger partial charge in [0.25, 0.3) is 0 Å². The van der Waals surface area contributed by atoms with Crippen molar-refractivity contribution in [1.82, 2.24) is 0 Å². The van der Waals surface area contributed by atoms with Crippen molar-refractivity contribution < 1.29 is 4.79 Å². The summed E-state index contributed by atoms with van der Waals surface area (Å²) < 4.78 is 1.17. The molecule has 2 aromatic rings. The molecule has 0 aliphatic rings. The Morgan fingerprint density at radius 2 is 2.29 bits per heavy atom. The van der Waals surface area contributed by atoms with Gasteiger partial charge in [-0.3, -0.25) is 4.79 Å². The Morgan fingerprint density at radius 3 is 2.93 bits per heavy atom. The highest BCUT2D eigenvalue weighted by molar-refractivity contribution is 7.20. The average Bonchev–Trinajstić information content (AvgIpc) is 2.63. The molecule has 0 N–H and O–H groups in total. The molecule has 14 heavy (non-hydrogen) atoms. The minimum absolute atomic E-state index is 0.492. The number of benzene rings is 1. The molecule has 3 heteroatoms. The lowest BCUT2D eigenvalue weighted by Crippen LogP contribution is -1.80. The number of fused-ring (bicyclic) bond motifs is 1. The highest BCUT2D eigenvalue weighted by Crippen LogP contribution is 2.31. The second-order valence-electron chi connectivity index (χ2n) is 3.18. The summed E-state index contributed by atoms with van der Waals surface area (Å²) >= 11 is 7.35. The first-order chi connectivity index (χ1) is 6.76. The number of halogens is 1. The van der Waals surface area contributed by atoms with Crippen LogP contribution >= 0.6 is 22.9 Å². The van der Waals surface area contributed by atoms with Gasteiger partial charge in [-0.25, -0.2) is 0 Å². The van der Waals surface area contributed by atoms with Crippen LogP contribution in [0.15, 0.2) is 18.2 Å². The average molecular weight is 225 g/mol.